The minimum Gasteiger partial charge on any atom is -0.347 e. The Labute approximate surface area is 126 Å². The number of rotatable bonds is 7. The van der Waals surface area contributed by atoms with Gasteiger partial charge in [0.05, 0.1) is 6.54 Å². The van der Waals surface area contributed by atoms with Gasteiger partial charge in [-0.15, -0.1) is 0 Å². The van der Waals surface area contributed by atoms with Crippen molar-refractivity contribution in [2.24, 2.45) is 5.84 Å². The summed E-state index contributed by atoms with van der Waals surface area (Å²) in [5, 5.41) is 0. The summed E-state index contributed by atoms with van der Waals surface area (Å²) in [7, 11) is 3.51. The summed E-state index contributed by atoms with van der Waals surface area (Å²) < 4.78 is 0. The maximum atomic E-state index is 12.0. The average molecular weight is 294 g/mol. The molecule has 1 rings (SSSR count). The number of carbonyl (C=O) groups is 1. The van der Waals surface area contributed by atoms with E-state index in [1.54, 1.807) is 19.0 Å². The zero-order chi connectivity index (χ0) is 16.0. The zero-order valence-corrected chi connectivity index (χ0v) is 13.6. The van der Waals surface area contributed by atoms with Crippen molar-refractivity contribution < 1.29 is 4.79 Å². The van der Waals surface area contributed by atoms with Gasteiger partial charge in [-0.2, -0.15) is 0 Å². The molecule has 0 unspecified atom stereocenters. The van der Waals surface area contributed by atoms with Crippen molar-refractivity contribution in [2.75, 3.05) is 37.5 Å². The average Bonchev–Trinajstić information content (AvgIpc) is 2.45. The van der Waals surface area contributed by atoms with E-state index in [9.17, 15) is 4.79 Å². The summed E-state index contributed by atoms with van der Waals surface area (Å²) in [6.45, 7) is 7.23. The number of nitrogens with two attached hydrogens (primary N) is 1. The summed E-state index contributed by atoms with van der Waals surface area (Å²) in [6, 6.07) is 0. The van der Waals surface area contributed by atoms with Crippen molar-refractivity contribution >= 4 is 17.5 Å². The van der Waals surface area contributed by atoms with Crippen LogP contribution in [0.1, 0.15) is 38.7 Å². The van der Waals surface area contributed by atoms with E-state index in [1.165, 1.54) is 6.33 Å². The summed E-state index contributed by atoms with van der Waals surface area (Å²) in [6.07, 6.45) is 2.40. The van der Waals surface area contributed by atoms with Crippen LogP contribution in [-0.2, 0) is 4.79 Å². The number of carbonyl (C=O) groups excluding carboxylic acids is 1. The summed E-state index contributed by atoms with van der Waals surface area (Å²) in [5.41, 5.74) is 3.55. The molecule has 1 aromatic heterocycles. The van der Waals surface area contributed by atoms with Crippen LogP contribution in [0.5, 0.6) is 0 Å². The van der Waals surface area contributed by atoms with Crippen molar-refractivity contribution in [3.8, 4) is 0 Å². The van der Waals surface area contributed by atoms with Crippen molar-refractivity contribution in [2.45, 2.75) is 33.1 Å². The van der Waals surface area contributed by atoms with Crippen molar-refractivity contribution in [1.82, 2.24) is 14.9 Å². The number of nitrogens with zero attached hydrogens (tertiary/aromatic N) is 4. The van der Waals surface area contributed by atoms with Gasteiger partial charge in [-0.1, -0.05) is 20.8 Å². The highest BCUT2D eigenvalue weighted by Gasteiger charge is 2.21. The van der Waals surface area contributed by atoms with Gasteiger partial charge < -0.3 is 15.2 Å². The Morgan fingerprint density at radius 1 is 1.38 bits per heavy atom. The number of likely N-dealkylation sites (N-methyl/N-ethyl adjacent to an activating group) is 1. The van der Waals surface area contributed by atoms with E-state index in [2.05, 4.69) is 36.2 Å². The molecule has 0 radical (unpaired) electrons. The highest BCUT2D eigenvalue weighted by molar-refractivity contribution is 5.81. The Hall–Kier alpha value is -1.89. The fourth-order valence-electron chi connectivity index (χ4n) is 2.12. The standard InChI is InChI=1S/C14H26N6O/c1-6-7-20(8-11(21)19(4)5)14-12(10(2)3)13(18-15)16-9-17-14/h9-10H,6-8,15H2,1-5H3,(H,16,17,18). The molecule has 1 heterocycles. The molecule has 3 N–H and O–H groups in total. The molecule has 0 spiro atoms. The Morgan fingerprint density at radius 3 is 2.52 bits per heavy atom. The molecule has 0 fully saturated rings. The lowest BCUT2D eigenvalue weighted by atomic mass is 10.0. The van der Waals surface area contributed by atoms with Crippen LogP contribution in [0.25, 0.3) is 0 Å². The number of nitrogen functional groups attached to an aromatic ring is 1. The maximum absolute atomic E-state index is 12.0. The lowest BCUT2D eigenvalue weighted by molar-refractivity contribution is -0.127. The molecule has 7 heteroatoms. The van der Waals surface area contributed by atoms with Gasteiger partial charge in [0.2, 0.25) is 5.91 Å². The molecule has 0 bridgehead atoms. The van der Waals surface area contributed by atoms with E-state index >= 15 is 0 Å². The minimum atomic E-state index is 0.0408. The molecule has 1 amide bonds. The Kier molecular flexibility index (Phi) is 6.36. The first-order valence-electron chi connectivity index (χ1n) is 7.18. The van der Waals surface area contributed by atoms with Crippen LogP contribution in [0.15, 0.2) is 6.33 Å². The zero-order valence-electron chi connectivity index (χ0n) is 13.6. The van der Waals surface area contributed by atoms with Crippen LogP contribution in [0, 0.1) is 0 Å². The normalized spacial score (nSPS) is 10.6. The Bertz CT molecular complexity index is 475. The van der Waals surface area contributed by atoms with E-state index in [4.69, 9.17) is 5.84 Å². The fourth-order valence-corrected chi connectivity index (χ4v) is 2.12. The molecule has 1 aromatic rings. The second-order valence-corrected chi connectivity index (χ2v) is 5.47. The van der Waals surface area contributed by atoms with E-state index in [0.29, 0.717) is 12.4 Å². The molecule has 0 aliphatic carbocycles. The first-order chi connectivity index (χ1) is 9.92. The molecule has 0 saturated carbocycles. The predicted molar refractivity (Wildman–Crippen MR) is 85.1 cm³/mol. The molecule has 0 aliphatic rings. The van der Waals surface area contributed by atoms with Crippen LogP contribution < -0.4 is 16.2 Å². The van der Waals surface area contributed by atoms with Gasteiger partial charge in [-0.05, 0) is 12.3 Å². The van der Waals surface area contributed by atoms with Gasteiger partial charge in [0, 0.05) is 26.2 Å². The van der Waals surface area contributed by atoms with Gasteiger partial charge in [0.25, 0.3) is 0 Å². The number of aromatic nitrogens is 2. The maximum Gasteiger partial charge on any atom is 0.241 e. The van der Waals surface area contributed by atoms with E-state index < -0.39 is 0 Å². The molecule has 21 heavy (non-hydrogen) atoms. The minimum absolute atomic E-state index is 0.0408. The van der Waals surface area contributed by atoms with Crippen LogP contribution in [-0.4, -0.2) is 48.0 Å². The lowest BCUT2D eigenvalue weighted by Crippen LogP contribution is -2.38. The molecule has 7 nitrogen and oxygen atoms in total. The van der Waals surface area contributed by atoms with E-state index in [-0.39, 0.29) is 11.8 Å². The van der Waals surface area contributed by atoms with E-state index in [0.717, 1.165) is 24.3 Å². The largest absolute Gasteiger partial charge is 0.347 e. The predicted octanol–water partition coefficient (Wildman–Crippen LogP) is 1.19. The number of hydrogen-bond acceptors (Lipinski definition) is 6. The lowest BCUT2D eigenvalue weighted by Gasteiger charge is -2.27. The number of anilines is 2. The molecule has 0 aliphatic heterocycles. The second-order valence-electron chi connectivity index (χ2n) is 5.47. The second kappa shape index (κ2) is 7.78. The van der Waals surface area contributed by atoms with Crippen LogP contribution in [0.3, 0.4) is 0 Å². The number of hydrogen-bond donors (Lipinski definition) is 2. The molecule has 0 atom stereocenters. The quantitative estimate of drug-likeness (QED) is 0.580. The Morgan fingerprint density at radius 2 is 2.05 bits per heavy atom. The molecule has 118 valence electrons. The first-order valence-corrected chi connectivity index (χ1v) is 7.18. The van der Waals surface area contributed by atoms with Crippen LogP contribution in [0.2, 0.25) is 0 Å². The number of nitrogens with one attached hydrogen (secondary N) is 1. The third-order valence-corrected chi connectivity index (χ3v) is 3.19. The fraction of sp³-hybridized carbons (Fsp3) is 0.643. The molecule has 0 saturated heterocycles. The number of amides is 1. The van der Waals surface area contributed by atoms with Gasteiger partial charge in [-0.25, -0.2) is 15.8 Å². The summed E-state index contributed by atoms with van der Waals surface area (Å²) in [4.78, 5) is 24.2. The monoisotopic (exact) mass is 294 g/mol. The van der Waals surface area contributed by atoms with Gasteiger partial charge in [0.1, 0.15) is 18.0 Å². The van der Waals surface area contributed by atoms with Crippen molar-refractivity contribution in [1.29, 1.82) is 0 Å². The third-order valence-electron chi connectivity index (χ3n) is 3.19. The summed E-state index contributed by atoms with van der Waals surface area (Å²) >= 11 is 0. The molecular weight excluding hydrogens is 268 g/mol. The van der Waals surface area contributed by atoms with Gasteiger partial charge in [0.15, 0.2) is 0 Å². The Balaban J connectivity index is 3.21. The van der Waals surface area contributed by atoms with Gasteiger partial charge >= 0.3 is 0 Å². The van der Waals surface area contributed by atoms with Crippen LogP contribution >= 0.6 is 0 Å². The SMILES string of the molecule is CCCN(CC(=O)N(C)C)c1ncnc(NN)c1C(C)C. The number of hydrazine groups is 1. The van der Waals surface area contributed by atoms with Gasteiger partial charge in [-0.3, -0.25) is 4.79 Å². The highest BCUT2D eigenvalue weighted by Crippen LogP contribution is 2.30. The third kappa shape index (κ3) is 4.29. The van der Waals surface area contributed by atoms with Crippen molar-refractivity contribution in [3.05, 3.63) is 11.9 Å². The highest BCUT2D eigenvalue weighted by atomic mass is 16.2. The first kappa shape index (κ1) is 17.2. The molecule has 0 aromatic carbocycles. The van der Waals surface area contributed by atoms with Crippen LogP contribution in [0.4, 0.5) is 11.6 Å². The van der Waals surface area contributed by atoms with E-state index in [1.807, 2.05) is 4.90 Å². The smallest absolute Gasteiger partial charge is 0.241 e. The molecular formula is C14H26N6O. The van der Waals surface area contributed by atoms with Crippen molar-refractivity contribution in [3.63, 3.8) is 0 Å². The topological polar surface area (TPSA) is 87.4 Å². The summed E-state index contributed by atoms with van der Waals surface area (Å²) in [5.74, 6) is 7.16.